The average Bonchev–Trinajstić information content (AvgIpc) is 3.04. The number of hydrogen-bond acceptors (Lipinski definition) is 7. The number of aromatic nitrogens is 3. The summed E-state index contributed by atoms with van der Waals surface area (Å²) in [5.41, 5.74) is 0.377. The summed E-state index contributed by atoms with van der Waals surface area (Å²) < 4.78 is 6.09. The second kappa shape index (κ2) is 7.09. The molecule has 0 aliphatic heterocycles. The average molecular weight is 409 g/mol. The van der Waals surface area contributed by atoms with Crippen molar-refractivity contribution in [3.63, 3.8) is 0 Å². The summed E-state index contributed by atoms with van der Waals surface area (Å²) in [6, 6.07) is 3.39. The van der Waals surface area contributed by atoms with Crippen molar-refractivity contribution < 1.29 is 9.32 Å². The molecular formula is C17H17ClN4O2S2. The maximum absolute atomic E-state index is 12.7. The van der Waals surface area contributed by atoms with Crippen LogP contribution in [0, 0.1) is 5.92 Å². The lowest BCUT2D eigenvalue weighted by atomic mass is 10.0. The topological polar surface area (TPSA) is 80.9 Å². The summed E-state index contributed by atoms with van der Waals surface area (Å²) in [5, 5.41) is 9.55. The molecule has 136 valence electrons. The molecule has 1 fully saturated rings. The van der Waals surface area contributed by atoms with Crippen LogP contribution in [0.4, 0.5) is 0 Å². The van der Waals surface area contributed by atoms with Gasteiger partial charge in [0.05, 0.1) is 9.21 Å². The van der Waals surface area contributed by atoms with Crippen LogP contribution in [-0.2, 0) is 0 Å². The first kappa shape index (κ1) is 17.6. The summed E-state index contributed by atoms with van der Waals surface area (Å²) in [6.45, 7) is 4.01. The van der Waals surface area contributed by atoms with E-state index in [-0.39, 0.29) is 17.9 Å². The molecule has 1 aliphatic rings. The summed E-state index contributed by atoms with van der Waals surface area (Å²) in [5.74, 6) is 1.47. The fraction of sp³-hybridized carbons (Fsp3) is 0.412. The molecule has 4 rings (SSSR count). The van der Waals surface area contributed by atoms with Crippen LogP contribution in [0.5, 0.6) is 0 Å². The Balaban J connectivity index is 1.50. The third kappa shape index (κ3) is 3.67. The highest BCUT2D eigenvalue weighted by atomic mass is 35.5. The van der Waals surface area contributed by atoms with Gasteiger partial charge in [0.15, 0.2) is 5.82 Å². The predicted molar refractivity (Wildman–Crippen MR) is 102 cm³/mol. The third-order valence-corrected chi connectivity index (χ3v) is 6.38. The number of hydrogen-bond donors (Lipinski definition) is 1. The second-order valence-corrected chi connectivity index (χ2v) is 9.18. The van der Waals surface area contributed by atoms with Crippen LogP contribution >= 0.6 is 34.3 Å². The number of nitrogens with zero attached hydrogens (tertiary/aromatic N) is 3. The Bertz CT molecular complexity index is 929. The van der Waals surface area contributed by atoms with Gasteiger partial charge in [-0.2, -0.15) is 4.98 Å². The molecular weight excluding hydrogens is 392 g/mol. The molecule has 0 saturated heterocycles. The van der Waals surface area contributed by atoms with Crippen molar-refractivity contribution in [3.05, 3.63) is 39.3 Å². The van der Waals surface area contributed by atoms with Gasteiger partial charge in [-0.15, -0.1) is 22.7 Å². The molecule has 1 unspecified atom stereocenters. The van der Waals surface area contributed by atoms with Gasteiger partial charge in [0.2, 0.25) is 5.89 Å². The van der Waals surface area contributed by atoms with Crippen molar-refractivity contribution in [1.29, 1.82) is 0 Å². The number of carbonyl (C=O) groups excluding carboxylic acids is 1. The van der Waals surface area contributed by atoms with Crippen molar-refractivity contribution in [3.8, 4) is 9.88 Å². The smallest absolute Gasteiger partial charge is 0.271 e. The van der Waals surface area contributed by atoms with Gasteiger partial charge in [-0.25, -0.2) is 4.98 Å². The fourth-order valence-electron chi connectivity index (χ4n) is 2.53. The lowest BCUT2D eigenvalue weighted by molar-refractivity contribution is 0.0909. The zero-order valence-corrected chi connectivity index (χ0v) is 16.6. The largest absolute Gasteiger partial charge is 0.339 e. The number of amides is 1. The minimum atomic E-state index is -0.344. The van der Waals surface area contributed by atoms with E-state index in [0.29, 0.717) is 21.8 Å². The van der Waals surface area contributed by atoms with Crippen molar-refractivity contribution in [2.75, 3.05) is 0 Å². The number of thiophene rings is 1. The Morgan fingerprint density at radius 1 is 1.35 bits per heavy atom. The van der Waals surface area contributed by atoms with Crippen molar-refractivity contribution in [1.82, 2.24) is 20.4 Å². The third-order valence-electron chi connectivity index (χ3n) is 4.14. The van der Waals surface area contributed by atoms with Crippen molar-refractivity contribution in [2.45, 2.75) is 38.6 Å². The highest BCUT2D eigenvalue weighted by Gasteiger charge is 2.32. The molecule has 3 aromatic rings. The first-order valence-electron chi connectivity index (χ1n) is 8.37. The van der Waals surface area contributed by atoms with Crippen LogP contribution in [0.3, 0.4) is 0 Å². The van der Waals surface area contributed by atoms with E-state index in [0.717, 1.165) is 28.6 Å². The van der Waals surface area contributed by atoms with Gasteiger partial charge in [0.1, 0.15) is 16.7 Å². The zero-order chi connectivity index (χ0) is 18.3. The zero-order valence-electron chi connectivity index (χ0n) is 14.2. The number of thiazole rings is 1. The van der Waals surface area contributed by atoms with Crippen molar-refractivity contribution in [2.24, 2.45) is 5.92 Å². The molecule has 0 aromatic carbocycles. The molecule has 3 heterocycles. The first-order chi connectivity index (χ1) is 12.5. The summed E-state index contributed by atoms with van der Waals surface area (Å²) in [4.78, 5) is 22.5. The lowest BCUT2D eigenvalue weighted by Crippen LogP contribution is -2.32. The number of carbonyl (C=O) groups is 1. The molecule has 0 radical (unpaired) electrons. The molecule has 1 atom stereocenters. The molecule has 1 amide bonds. The van der Waals surface area contributed by atoms with E-state index in [1.54, 1.807) is 5.38 Å². The van der Waals surface area contributed by atoms with Gasteiger partial charge in [-0.05, 0) is 30.9 Å². The van der Waals surface area contributed by atoms with E-state index in [2.05, 4.69) is 20.4 Å². The van der Waals surface area contributed by atoms with E-state index in [4.69, 9.17) is 16.1 Å². The van der Waals surface area contributed by atoms with Gasteiger partial charge >= 0.3 is 0 Å². The lowest BCUT2D eigenvalue weighted by Gasteiger charge is -2.17. The van der Waals surface area contributed by atoms with Crippen molar-refractivity contribution >= 4 is 40.2 Å². The van der Waals surface area contributed by atoms with Crippen LogP contribution < -0.4 is 5.32 Å². The van der Waals surface area contributed by atoms with E-state index >= 15 is 0 Å². The summed E-state index contributed by atoms with van der Waals surface area (Å²) in [7, 11) is 0. The Kier molecular flexibility index (Phi) is 4.81. The predicted octanol–water partition coefficient (Wildman–Crippen LogP) is 4.91. The SMILES string of the molecule is CC(C)C(NC(=O)c1csc(-c2ccc(Cl)s2)n1)c1nc(C2CC2)no1. The van der Waals surface area contributed by atoms with Crippen LogP contribution in [-0.4, -0.2) is 21.0 Å². The Labute approximate surface area is 163 Å². The molecule has 9 heteroatoms. The molecule has 1 saturated carbocycles. The van der Waals surface area contributed by atoms with Gasteiger partial charge in [-0.3, -0.25) is 4.79 Å². The standard InChI is InChI=1S/C17H17ClN4O2S2/c1-8(2)13(16-21-14(22-24-16)9-3-4-9)20-15(23)10-7-25-17(19-10)11-5-6-12(18)26-11/h5-9,13H,3-4H2,1-2H3,(H,20,23). The molecule has 1 N–H and O–H groups in total. The van der Waals surface area contributed by atoms with Gasteiger partial charge in [-0.1, -0.05) is 30.6 Å². The van der Waals surface area contributed by atoms with Crippen LogP contribution in [0.25, 0.3) is 9.88 Å². The molecule has 3 aromatic heterocycles. The Morgan fingerprint density at radius 2 is 2.15 bits per heavy atom. The van der Waals surface area contributed by atoms with Gasteiger partial charge < -0.3 is 9.84 Å². The Hall–Kier alpha value is -1.77. The highest BCUT2D eigenvalue weighted by molar-refractivity contribution is 7.23. The van der Waals surface area contributed by atoms with Crippen LogP contribution in [0.15, 0.2) is 22.0 Å². The maximum atomic E-state index is 12.7. The number of halogens is 1. The van der Waals surface area contributed by atoms with Crippen LogP contribution in [0.2, 0.25) is 4.34 Å². The monoisotopic (exact) mass is 408 g/mol. The summed E-state index contributed by atoms with van der Waals surface area (Å²) >= 11 is 8.83. The van der Waals surface area contributed by atoms with Crippen LogP contribution in [0.1, 0.15) is 60.9 Å². The van der Waals surface area contributed by atoms with E-state index in [9.17, 15) is 4.79 Å². The first-order valence-corrected chi connectivity index (χ1v) is 10.4. The van der Waals surface area contributed by atoms with Gasteiger partial charge in [0, 0.05) is 11.3 Å². The normalized spacial score (nSPS) is 15.4. The van der Waals surface area contributed by atoms with Gasteiger partial charge in [0.25, 0.3) is 5.91 Å². The molecule has 1 aliphatic carbocycles. The number of rotatable bonds is 6. The second-order valence-electron chi connectivity index (χ2n) is 6.60. The molecule has 6 nitrogen and oxygen atoms in total. The molecule has 0 spiro atoms. The maximum Gasteiger partial charge on any atom is 0.271 e. The quantitative estimate of drug-likeness (QED) is 0.626. The minimum Gasteiger partial charge on any atom is -0.339 e. The number of nitrogens with one attached hydrogen (secondary N) is 1. The summed E-state index contributed by atoms with van der Waals surface area (Å²) in [6.07, 6.45) is 2.21. The minimum absolute atomic E-state index is 0.112. The Morgan fingerprint density at radius 3 is 2.81 bits per heavy atom. The highest BCUT2D eigenvalue weighted by Crippen LogP contribution is 2.39. The fourth-order valence-corrected chi connectivity index (χ4v) is 4.45. The van der Waals surface area contributed by atoms with E-state index < -0.39 is 0 Å². The van der Waals surface area contributed by atoms with E-state index in [1.165, 1.54) is 22.7 Å². The van der Waals surface area contributed by atoms with E-state index in [1.807, 2.05) is 26.0 Å². The molecule has 26 heavy (non-hydrogen) atoms. The molecule has 0 bridgehead atoms.